The Bertz CT molecular complexity index is 1390. The van der Waals surface area contributed by atoms with Gasteiger partial charge in [-0.1, -0.05) is 52.3 Å². The lowest BCUT2D eigenvalue weighted by atomic mass is 9.48. The average molecular weight is 511 g/mol. The van der Waals surface area contributed by atoms with Crippen molar-refractivity contribution in [1.82, 2.24) is 4.90 Å². The molecule has 5 rings (SSSR count). The number of nitrogens with one attached hydrogen (secondary N) is 1. The fourth-order valence-electron chi connectivity index (χ4n) is 5.69. The van der Waals surface area contributed by atoms with Gasteiger partial charge in [-0.15, -0.1) is 0 Å². The summed E-state index contributed by atoms with van der Waals surface area (Å²) < 4.78 is 0.711. The first kappa shape index (κ1) is 21.9. The van der Waals surface area contributed by atoms with E-state index in [1.807, 2.05) is 36.4 Å². The van der Waals surface area contributed by atoms with Crippen molar-refractivity contribution in [2.24, 2.45) is 17.1 Å². The Morgan fingerprint density at radius 2 is 1.88 bits per heavy atom. The van der Waals surface area contributed by atoms with Crippen molar-refractivity contribution in [2.75, 3.05) is 18.4 Å². The van der Waals surface area contributed by atoms with Crippen molar-refractivity contribution in [1.29, 1.82) is 15.8 Å². The zero-order valence-corrected chi connectivity index (χ0v) is 19.6. The van der Waals surface area contributed by atoms with Crippen LogP contribution in [0.1, 0.15) is 11.1 Å². The number of benzene rings is 2. The third-order valence-corrected chi connectivity index (χ3v) is 7.66. The number of nitrogens with zero attached hydrogens (tertiary/aromatic N) is 4. The second-order valence-electron chi connectivity index (χ2n) is 8.72. The van der Waals surface area contributed by atoms with E-state index in [0.29, 0.717) is 40.9 Å². The van der Waals surface area contributed by atoms with E-state index in [0.717, 1.165) is 5.56 Å². The number of carbonyl (C=O) groups is 1. The SMILES string of the molecule is N#CC1=C(N)C(C#N)(C#N)[C@@]2(C(=O)Nc3ccc(Br)cc32)[C@@H]2CN(Cc3ccccc3)CC=C12. The van der Waals surface area contributed by atoms with Crippen molar-refractivity contribution in [3.05, 3.63) is 87.0 Å². The molecule has 2 aliphatic heterocycles. The van der Waals surface area contributed by atoms with Crippen LogP contribution in [0.3, 0.4) is 0 Å². The minimum Gasteiger partial charge on any atom is -0.399 e. The van der Waals surface area contributed by atoms with Gasteiger partial charge in [0.05, 0.1) is 23.4 Å². The maximum Gasteiger partial charge on any atom is 0.238 e. The molecule has 0 fully saturated rings. The Labute approximate surface area is 205 Å². The lowest BCUT2D eigenvalue weighted by molar-refractivity contribution is -0.125. The molecule has 1 amide bonds. The van der Waals surface area contributed by atoms with Crippen LogP contribution in [0.25, 0.3) is 0 Å². The number of halogens is 1. The van der Waals surface area contributed by atoms with Crippen LogP contribution < -0.4 is 11.1 Å². The van der Waals surface area contributed by atoms with Crippen LogP contribution in [-0.2, 0) is 16.8 Å². The first-order valence-electron chi connectivity index (χ1n) is 10.7. The molecule has 1 aliphatic carbocycles. The summed E-state index contributed by atoms with van der Waals surface area (Å²) in [5.74, 6) is -1.08. The van der Waals surface area contributed by atoms with Crippen molar-refractivity contribution in [2.45, 2.75) is 12.0 Å². The lowest BCUT2D eigenvalue weighted by Crippen LogP contribution is -2.62. The van der Waals surface area contributed by atoms with E-state index in [2.05, 4.69) is 44.4 Å². The van der Waals surface area contributed by atoms with Gasteiger partial charge >= 0.3 is 0 Å². The highest BCUT2D eigenvalue weighted by Gasteiger charge is 2.71. The molecule has 34 heavy (non-hydrogen) atoms. The zero-order valence-electron chi connectivity index (χ0n) is 18.0. The zero-order chi connectivity index (χ0) is 24.1. The molecular formula is C26H19BrN6O. The molecule has 7 nitrogen and oxygen atoms in total. The number of nitrogens with two attached hydrogens (primary N) is 1. The van der Waals surface area contributed by atoms with E-state index >= 15 is 0 Å². The molecule has 1 spiro atoms. The first-order valence-corrected chi connectivity index (χ1v) is 11.5. The van der Waals surface area contributed by atoms with Crippen LogP contribution in [-0.4, -0.2) is 23.9 Å². The number of carbonyl (C=O) groups excluding carboxylic acids is 1. The third-order valence-electron chi connectivity index (χ3n) is 7.17. The summed E-state index contributed by atoms with van der Waals surface area (Å²) in [6, 6.07) is 21.5. The number of hydrogen-bond acceptors (Lipinski definition) is 6. The Morgan fingerprint density at radius 3 is 2.56 bits per heavy atom. The highest BCUT2D eigenvalue weighted by molar-refractivity contribution is 9.10. The molecule has 0 saturated heterocycles. The van der Waals surface area contributed by atoms with Gasteiger partial charge in [0.2, 0.25) is 11.3 Å². The second kappa shape index (κ2) is 7.85. The monoisotopic (exact) mass is 510 g/mol. The summed E-state index contributed by atoms with van der Waals surface area (Å²) in [6.45, 7) is 1.55. The fraction of sp³-hybridized carbons (Fsp3) is 0.231. The quantitative estimate of drug-likeness (QED) is 0.635. The number of allylic oxidation sites excluding steroid dienone is 2. The van der Waals surface area contributed by atoms with Gasteiger partial charge < -0.3 is 11.1 Å². The summed E-state index contributed by atoms with van der Waals surface area (Å²) >= 11 is 3.48. The van der Waals surface area contributed by atoms with Crippen molar-refractivity contribution in [3.63, 3.8) is 0 Å². The van der Waals surface area contributed by atoms with Gasteiger partial charge in [0.15, 0.2) is 0 Å². The number of amides is 1. The van der Waals surface area contributed by atoms with Gasteiger partial charge in [-0.2, -0.15) is 15.8 Å². The van der Waals surface area contributed by atoms with E-state index in [1.54, 1.807) is 18.2 Å². The molecule has 0 saturated carbocycles. The second-order valence-corrected chi connectivity index (χ2v) is 9.63. The number of rotatable bonds is 2. The van der Waals surface area contributed by atoms with Crippen LogP contribution in [0.4, 0.5) is 5.69 Å². The van der Waals surface area contributed by atoms with E-state index in [9.17, 15) is 20.6 Å². The normalized spacial score (nSPS) is 24.8. The standard InChI is InChI=1S/C26H19BrN6O/c27-17-6-7-22-20(10-17)26(24(34)32-22)21-13-33(12-16-4-2-1-3-5-16)9-8-18(21)19(11-28)23(31)25(26,14-29)15-30/h1-8,10,21H,9,12-13,31H2,(H,32,34)/t21-,26-/m1/s1. The minimum atomic E-state index is -2.05. The van der Waals surface area contributed by atoms with Crippen LogP contribution in [0, 0.1) is 45.3 Å². The average Bonchev–Trinajstić information content (AvgIpc) is 3.13. The molecule has 3 N–H and O–H groups in total. The predicted octanol–water partition coefficient (Wildman–Crippen LogP) is 3.48. The largest absolute Gasteiger partial charge is 0.399 e. The summed E-state index contributed by atoms with van der Waals surface area (Å²) in [5, 5.41) is 33.8. The number of anilines is 1. The molecule has 2 heterocycles. The summed E-state index contributed by atoms with van der Waals surface area (Å²) in [5.41, 5.74) is 5.52. The minimum absolute atomic E-state index is 0.120. The van der Waals surface area contributed by atoms with Crippen LogP contribution in [0.15, 0.2) is 75.9 Å². The summed E-state index contributed by atoms with van der Waals surface area (Å²) in [6.07, 6.45) is 1.91. The molecule has 166 valence electrons. The fourth-order valence-corrected chi connectivity index (χ4v) is 6.06. The van der Waals surface area contributed by atoms with Crippen LogP contribution in [0.2, 0.25) is 0 Å². The summed E-state index contributed by atoms with van der Waals surface area (Å²) in [7, 11) is 0. The Hall–Kier alpha value is -3.90. The maximum absolute atomic E-state index is 13.9. The van der Waals surface area contributed by atoms with E-state index in [1.165, 1.54) is 0 Å². The van der Waals surface area contributed by atoms with Gasteiger partial charge in [0, 0.05) is 35.7 Å². The molecule has 2 aromatic carbocycles. The molecular weight excluding hydrogens is 492 g/mol. The van der Waals surface area contributed by atoms with Crippen molar-refractivity contribution in [3.8, 4) is 18.2 Å². The van der Waals surface area contributed by atoms with Crippen LogP contribution >= 0.6 is 15.9 Å². The van der Waals surface area contributed by atoms with Gasteiger partial charge in [-0.25, -0.2) is 0 Å². The molecule has 2 aromatic rings. The van der Waals surface area contributed by atoms with Gasteiger partial charge in [0.1, 0.15) is 11.5 Å². The number of fused-ring (bicyclic) bond motifs is 4. The molecule has 0 unspecified atom stereocenters. The Balaban J connectivity index is 1.78. The lowest BCUT2D eigenvalue weighted by Gasteiger charge is -2.51. The van der Waals surface area contributed by atoms with Crippen molar-refractivity contribution < 1.29 is 4.79 Å². The molecule has 2 atom stereocenters. The van der Waals surface area contributed by atoms with E-state index in [-0.39, 0.29) is 11.3 Å². The summed E-state index contributed by atoms with van der Waals surface area (Å²) in [4.78, 5) is 16.0. The molecule has 8 heteroatoms. The van der Waals surface area contributed by atoms with Gasteiger partial charge in [-0.05, 0) is 34.9 Å². The number of nitriles is 3. The molecule has 3 aliphatic rings. The van der Waals surface area contributed by atoms with Crippen molar-refractivity contribution >= 4 is 27.5 Å². The van der Waals surface area contributed by atoms with E-state index < -0.39 is 22.7 Å². The topological polar surface area (TPSA) is 130 Å². The number of hydrogen-bond donors (Lipinski definition) is 2. The van der Waals surface area contributed by atoms with Gasteiger partial charge in [-0.3, -0.25) is 9.69 Å². The smallest absolute Gasteiger partial charge is 0.238 e. The predicted molar refractivity (Wildman–Crippen MR) is 128 cm³/mol. The van der Waals surface area contributed by atoms with Crippen LogP contribution in [0.5, 0.6) is 0 Å². The maximum atomic E-state index is 13.9. The highest BCUT2D eigenvalue weighted by Crippen LogP contribution is 2.62. The molecule has 0 radical (unpaired) electrons. The highest BCUT2D eigenvalue weighted by atomic mass is 79.9. The molecule has 0 aromatic heterocycles. The molecule has 0 bridgehead atoms. The Morgan fingerprint density at radius 1 is 1.15 bits per heavy atom. The van der Waals surface area contributed by atoms with E-state index in [4.69, 9.17) is 5.73 Å². The Kier molecular flexibility index (Phi) is 5.06. The van der Waals surface area contributed by atoms with Gasteiger partial charge in [0.25, 0.3) is 0 Å². The first-order chi connectivity index (χ1) is 16.4. The third kappa shape index (κ3) is 2.72.